The highest BCUT2D eigenvalue weighted by atomic mass is 16.5. The van der Waals surface area contributed by atoms with Crippen molar-refractivity contribution in [2.75, 3.05) is 44.2 Å². The van der Waals surface area contributed by atoms with Crippen molar-refractivity contribution in [3.05, 3.63) is 103 Å². The number of fused-ring (bicyclic) bond motifs is 1. The monoisotopic (exact) mass is 593 g/mol. The molecule has 228 valence electrons. The third kappa shape index (κ3) is 6.59. The molecule has 10 nitrogen and oxygen atoms in total. The second kappa shape index (κ2) is 13.3. The highest BCUT2D eigenvalue weighted by Crippen LogP contribution is 2.38. The van der Waals surface area contributed by atoms with Crippen LogP contribution in [0.1, 0.15) is 52.1 Å². The summed E-state index contributed by atoms with van der Waals surface area (Å²) >= 11 is 0. The highest BCUT2D eigenvalue weighted by Gasteiger charge is 2.38. The molecule has 2 aliphatic heterocycles. The number of hydrogen-bond donors (Lipinski definition) is 0. The minimum Gasteiger partial charge on any atom is -0.492 e. The van der Waals surface area contributed by atoms with E-state index in [0.717, 1.165) is 43.6 Å². The van der Waals surface area contributed by atoms with Gasteiger partial charge in [-0.25, -0.2) is 9.97 Å². The Hall–Kier alpha value is -4.73. The lowest BCUT2D eigenvalue weighted by Crippen LogP contribution is -2.46. The Labute approximate surface area is 258 Å². The normalized spacial score (nSPS) is 17.7. The van der Waals surface area contributed by atoms with Gasteiger partial charge in [-0.2, -0.15) is 0 Å². The first-order valence-electron chi connectivity index (χ1n) is 15.3. The zero-order valence-electron chi connectivity index (χ0n) is 25.2. The van der Waals surface area contributed by atoms with Crippen LogP contribution in [-0.4, -0.2) is 80.5 Å². The van der Waals surface area contributed by atoms with E-state index in [1.165, 1.54) is 0 Å². The minimum absolute atomic E-state index is 0.00804. The molecular formula is C34H39N7O3. The molecule has 4 heterocycles. The van der Waals surface area contributed by atoms with Gasteiger partial charge in [0.15, 0.2) is 0 Å². The molecule has 2 aromatic heterocycles. The van der Waals surface area contributed by atoms with Gasteiger partial charge < -0.3 is 24.0 Å². The van der Waals surface area contributed by atoms with Crippen LogP contribution in [0.3, 0.4) is 0 Å². The van der Waals surface area contributed by atoms with Crippen molar-refractivity contribution in [3.63, 3.8) is 0 Å². The Bertz CT molecular complexity index is 1550. The number of anilines is 1. The number of para-hydroxylation sites is 1. The van der Waals surface area contributed by atoms with Gasteiger partial charge in [0.05, 0.1) is 30.9 Å². The second-order valence-corrected chi connectivity index (χ2v) is 11.8. The Kier molecular flexibility index (Phi) is 8.86. The summed E-state index contributed by atoms with van der Waals surface area (Å²) < 4.78 is 8.33. The largest absolute Gasteiger partial charge is 0.492 e. The molecule has 6 rings (SSSR count). The summed E-state index contributed by atoms with van der Waals surface area (Å²) in [4.78, 5) is 46.5. The Balaban J connectivity index is 1.28. The number of carbonyl (C=O) groups excluding carboxylic acids is 2. The summed E-state index contributed by atoms with van der Waals surface area (Å²) in [6.45, 7) is 4.19. The number of benzene rings is 2. The summed E-state index contributed by atoms with van der Waals surface area (Å²) in [5.74, 6) is 1.35. The number of piperidine rings is 1. The van der Waals surface area contributed by atoms with E-state index < -0.39 is 0 Å². The number of aromatic nitrogens is 4. The molecule has 0 N–H and O–H groups in total. The zero-order chi connectivity index (χ0) is 30.4. The fourth-order valence-corrected chi connectivity index (χ4v) is 6.28. The lowest BCUT2D eigenvalue weighted by atomic mass is 9.75. The van der Waals surface area contributed by atoms with E-state index in [1.807, 2.05) is 71.4 Å². The predicted octanol–water partition coefficient (Wildman–Crippen LogP) is 4.45. The van der Waals surface area contributed by atoms with Crippen molar-refractivity contribution in [1.82, 2.24) is 29.3 Å². The van der Waals surface area contributed by atoms with Crippen molar-refractivity contribution >= 4 is 17.6 Å². The number of hydrogen-bond acceptors (Lipinski definition) is 7. The lowest BCUT2D eigenvalue weighted by molar-refractivity contribution is 0.0358. The Morgan fingerprint density at radius 3 is 2.43 bits per heavy atom. The fraction of sp³-hybridized carbons (Fsp3) is 0.382. The maximum atomic E-state index is 14.2. The van der Waals surface area contributed by atoms with Gasteiger partial charge in [0.1, 0.15) is 17.3 Å². The summed E-state index contributed by atoms with van der Waals surface area (Å²) in [7, 11) is 1.84. The SMILES string of the molecule is Cn1cncc1C(=O)N1CCC2(CCCN(c3cnccn3)CCN(Cc3ccccc3)C(=O)c3ccccc3OC2)CC1. The molecule has 10 heteroatoms. The third-order valence-corrected chi connectivity index (χ3v) is 8.95. The number of aryl methyl sites for hydroxylation is 1. The van der Waals surface area contributed by atoms with Crippen LogP contribution in [0, 0.1) is 5.41 Å². The second-order valence-electron chi connectivity index (χ2n) is 11.8. The standard InChI is InChI=1S/C34H39N7O3/c1-38-26-36-22-29(38)33(43)40-18-13-34(14-19-40)12-7-17-39(31-23-35-15-16-37-31)20-21-41(24-27-8-3-2-4-9-27)32(42)28-10-5-6-11-30(28)44-25-34/h2-6,8-11,15-16,22-23,26H,7,12-14,17-21,24-25H2,1H3. The highest BCUT2D eigenvalue weighted by molar-refractivity contribution is 5.97. The van der Waals surface area contributed by atoms with Crippen LogP contribution < -0.4 is 9.64 Å². The van der Waals surface area contributed by atoms with Crippen molar-refractivity contribution in [1.29, 1.82) is 0 Å². The molecule has 0 bridgehead atoms. The van der Waals surface area contributed by atoms with E-state index in [0.29, 0.717) is 56.3 Å². The van der Waals surface area contributed by atoms with Crippen LogP contribution in [0.25, 0.3) is 0 Å². The van der Waals surface area contributed by atoms with E-state index in [2.05, 4.69) is 19.9 Å². The number of imidazole rings is 1. The van der Waals surface area contributed by atoms with Gasteiger partial charge in [-0.05, 0) is 43.4 Å². The van der Waals surface area contributed by atoms with Gasteiger partial charge in [0.25, 0.3) is 11.8 Å². The zero-order valence-corrected chi connectivity index (χ0v) is 25.2. The van der Waals surface area contributed by atoms with Crippen molar-refractivity contribution in [3.8, 4) is 5.75 Å². The van der Waals surface area contributed by atoms with Gasteiger partial charge in [0.2, 0.25) is 0 Å². The van der Waals surface area contributed by atoms with Crippen molar-refractivity contribution in [2.24, 2.45) is 12.5 Å². The number of likely N-dealkylation sites (tertiary alicyclic amines) is 1. The van der Waals surface area contributed by atoms with E-state index >= 15 is 0 Å². The average molecular weight is 594 g/mol. The van der Waals surface area contributed by atoms with E-state index in [1.54, 1.807) is 35.7 Å². The van der Waals surface area contributed by atoms with Gasteiger partial charge in [-0.15, -0.1) is 0 Å². The predicted molar refractivity (Wildman–Crippen MR) is 167 cm³/mol. The minimum atomic E-state index is -0.134. The molecule has 0 saturated carbocycles. The molecule has 4 aromatic rings. The first-order chi connectivity index (χ1) is 21.5. The van der Waals surface area contributed by atoms with Crippen LogP contribution >= 0.6 is 0 Å². The van der Waals surface area contributed by atoms with Crippen LogP contribution in [0.4, 0.5) is 5.82 Å². The van der Waals surface area contributed by atoms with E-state index in [9.17, 15) is 9.59 Å². The number of amides is 2. The van der Waals surface area contributed by atoms with Gasteiger partial charge in [-0.3, -0.25) is 14.6 Å². The fourth-order valence-electron chi connectivity index (χ4n) is 6.28. The number of rotatable bonds is 4. The van der Waals surface area contributed by atoms with Gasteiger partial charge in [-0.1, -0.05) is 42.5 Å². The molecule has 1 fully saturated rings. The lowest BCUT2D eigenvalue weighted by Gasteiger charge is -2.42. The van der Waals surface area contributed by atoms with Gasteiger partial charge >= 0.3 is 0 Å². The number of nitrogens with zero attached hydrogens (tertiary/aromatic N) is 7. The molecule has 0 radical (unpaired) electrons. The Morgan fingerprint density at radius 1 is 0.886 bits per heavy atom. The summed E-state index contributed by atoms with van der Waals surface area (Å²) in [5.41, 5.74) is 2.10. The summed E-state index contributed by atoms with van der Waals surface area (Å²) in [5, 5.41) is 0. The van der Waals surface area contributed by atoms with Crippen LogP contribution in [-0.2, 0) is 13.6 Å². The topological polar surface area (TPSA) is 96.7 Å². The smallest absolute Gasteiger partial charge is 0.272 e. The average Bonchev–Trinajstić information content (AvgIpc) is 3.51. The van der Waals surface area contributed by atoms with Crippen LogP contribution in [0.15, 0.2) is 85.7 Å². The van der Waals surface area contributed by atoms with Crippen LogP contribution in [0.2, 0.25) is 0 Å². The molecule has 1 saturated heterocycles. The van der Waals surface area contributed by atoms with Crippen molar-refractivity contribution < 1.29 is 14.3 Å². The van der Waals surface area contributed by atoms with E-state index in [4.69, 9.17) is 4.74 Å². The molecule has 2 amide bonds. The molecule has 0 aliphatic carbocycles. The molecule has 2 aliphatic rings. The molecule has 0 atom stereocenters. The third-order valence-electron chi connectivity index (χ3n) is 8.95. The quantitative estimate of drug-likeness (QED) is 0.345. The molecule has 2 aromatic carbocycles. The molecule has 0 unspecified atom stereocenters. The first kappa shape index (κ1) is 29.3. The van der Waals surface area contributed by atoms with Gasteiger partial charge in [0, 0.05) is 64.1 Å². The van der Waals surface area contributed by atoms with Crippen molar-refractivity contribution in [2.45, 2.75) is 32.2 Å². The molecule has 1 spiro atoms. The van der Waals surface area contributed by atoms with Crippen LogP contribution in [0.5, 0.6) is 5.75 Å². The van der Waals surface area contributed by atoms with E-state index in [-0.39, 0.29) is 17.2 Å². The maximum Gasteiger partial charge on any atom is 0.272 e. The number of carbonyl (C=O) groups is 2. The molecular weight excluding hydrogens is 554 g/mol. The first-order valence-corrected chi connectivity index (χ1v) is 15.3. The summed E-state index contributed by atoms with van der Waals surface area (Å²) in [6.07, 6.45) is 12.0. The Morgan fingerprint density at radius 2 is 1.68 bits per heavy atom. The summed E-state index contributed by atoms with van der Waals surface area (Å²) in [6, 6.07) is 17.6. The maximum absolute atomic E-state index is 14.2. The molecule has 44 heavy (non-hydrogen) atoms. The number of ether oxygens (including phenoxy) is 1.